The predicted octanol–water partition coefficient (Wildman–Crippen LogP) is 3.44. The van der Waals surface area contributed by atoms with Crippen LogP contribution in [0.15, 0.2) is 40.3 Å². The standard InChI is InChI=1S/C17H12F2O5/c1-17(2)23-15(20)12(16(21)24-17)8-10-4-6-14(22-10)11-5-3-9(18)7-13(11)19/h3-8H,1-2H3. The van der Waals surface area contributed by atoms with Gasteiger partial charge >= 0.3 is 11.9 Å². The lowest BCUT2D eigenvalue weighted by atomic mass is 10.1. The summed E-state index contributed by atoms with van der Waals surface area (Å²) in [5, 5.41) is 0. The molecule has 0 amide bonds. The summed E-state index contributed by atoms with van der Waals surface area (Å²) in [6.07, 6.45) is 1.14. The SMILES string of the molecule is CC1(C)OC(=O)C(=Cc2ccc(-c3ccc(F)cc3F)o2)C(=O)O1. The van der Waals surface area contributed by atoms with E-state index in [2.05, 4.69) is 0 Å². The molecule has 7 heteroatoms. The van der Waals surface area contributed by atoms with E-state index in [-0.39, 0.29) is 22.7 Å². The topological polar surface area (TPSA) is 65.7 Å². The van der Waals surface area contributed by atoms with Crippen LogP contribution in [0.3, 0.4) is 0 Å². The number of ether oxygens (including phenoxy) is 2. The van der Waals surface area contributed by atoms with Crippen molar-refractivity contribution in [2.45, 2.75) is 19.6 Å². The van der Waals surface area contributed by atoms with E-state index < -0.39 is 29.4 Å². The Hall–Kier alpha value is -2.96. The van der Waals surface area contributed by atoms with Gasteiger partial charge in [-0.15, -0.1) is 0 Å². The summed E-state index contributed by atoms with van der Waals surface area (Å²) < 4.78 is 42.0. The largest absolute Gasteiger partial charge is 0.457 e. The number of hydrogen-bond acceptors (Lipinski definition) is 5. The van der Waals surface area contributed by atoms with E-state index in [0.717, 1.165) is 18.2 Å². The van der Waals surface area contributed by atoms with E-state index >= 15 is 0 Å². The molecule has 5 nitrogen and oxygen atoms in total. The lowest BCUT2D eigenvalue weighted by Crippen LogP contribution is -2.41. The lowest BCUT2D eigenvalue weighted by Gasteiger charge is -2.29. The molecule has 0 radical (unpaired) electrons. The first-order chi connectivity index (χ1) is 11.2. The molecule has 1 aromatic heterocycles. The molecule has 1 aliphatic heterocycles. The number of esters is 2. The highest BCUT2D eigenvalue weighted by molar-refractivity contribution is 6.18. The molecular formula is C17H12F2O5. The fourth-order valence-electron chi connectivity index (χ4n) is 2.19. The van der Waals surface area contributed by atoms with E-state index in [1.54, 1.807) is 0 Å². The Morgan fingerprint density at radius 3 is 2.29 bits per heavy atom. The number of rotatable bonds is 2. The van der Waals surface area contributed by atoms with Gasteiger partial charge in [0.1, 0.15) is 28.7 Å². The van der Waals surface area contributed by atoms with Gasteiger partial charge in [-0.05, 0) is 24.3 Å². The Kier molecular flexibility index (Phi) is 3.71. The first kappa shape index (κ1) is 15.9. The summed E-state index contributed by atoms with van der Waals surface area (Å²) in [6.45, 7) is 2.86. The molecule has 3 rings (SSSR count). The van der Waals surface area contributed by atoms with Crippen LogP contribution >= 0.6 is 0 Å². The van der Waals surface area contributed by atoms with Crippen molar-refractivity contribution in [3.05, 3.63) is 53.3 Å². The highest BCUT2D eigenvalue weighted by atomic mass is 19.1. The lowest BCUT2D eigenvalue weighted by molar-refractivity contribution is -0.222. The third-order valence-electron chi connectivity index (χ3n) is 3.23. The van der Waals surface area contributed by atoms with Gasteiger partial charge in [-0.3, -0.25) is 0 Å². The van der Waals surface area contributed by atoms with E-state index in [9.17, 15) is 18.4 Å². The van der Waals surface area contributed by atoms with Crippen molar-refractivity contribution in [1.29, 1.82) is 0 Å². The zero-order valence-corrected chi connectivity index (χ0v) is 12.8. The van der Waals surface area contributed by atoms with Crippen LogP contribution < -0.4 is 0 Å². The number of furan rings is 1. The fraction of sp³-hybridized carbons (Fsp3) is 0.176. The average molecular weight is 334 g/mol. The van der Waals surface area contributed by atoms with Crippen LogP contribution in [0.5, 0.6) is 0 Å². The van der Waals surface area contributed by atoms with Crippen molar-refractivity contribution < 1.29 is 32.3 Å². The van der Waals surface area contributed by atoms with Crippen molar-refractivity contribution in [3.8, 4) is 11.3 Å². The first-order valence-corrected chi connectivity index (χ1v) is 6.99. The third kappa shape index (κ3) is 3.05. The zero-order valence-electron chi connectivity index (χ0n) is 12.8. The maximum Gasteiger partial charge on any atom is 0.348 e. The van der Waals surface area contributed by atoms with Crippen LogP contribution in [0, 0.1) is 11.6 Å². The van der Waals surface area contributed by atoms with Gasteiger partial charge in [-0.2, -0.15) is 0 Å². The van der Waals surface area contributed by atoms with Gasteiger partial charge in [-0.25, -0.2) is 18.4 Å². The van der Waals surface area contributed by atoms with Gasteiger partial charge in [0.25, 0.3) is 5.79 Å². The van der Waals surface area contributed by atoms with Crippen LogP contribution in [0.4, 0.5) is 8.78 Å². The van der Waals surface area contributed by atoms with Crippen molar-refractivity contribution in [3.63, 3.8) is 0 Å². The van der Waals surface area contributed by atoms with Crippen molar-refractivity contribution in [2.75, 3.05) is 0 Å². The summed E-state index contributed by atoms with van der Waals surface area (Å²) in [5.74, 6) is -4.28. The molecule has 24 heavy (non-hydrogen) atoms. The molecule has 1 aromatic carbocycles. The zero-order chi connectivity index (χ0) is 17.5. The molecule has 0 aliphatic carbocycles. The van der Waals surface area contributed by atoms with Crippen LogP contribution in [-0.2, 0) is 19.1 Å². The summed E-state index contributed by atoms with van der Waals surface area (Å²) in [6, 6.07) is 5.93. The molecule has 0 atom stereocenters. The molecular weight excluding hydrogens is 322 g/mol. The van der Waals surface area contributed by atoms with Crippen LogP contribution in [0.25, 0.3) is 17.4 Å². The van der Waals surface area contributed by atoms with E-state index in [1.807, 2.05) is 0 Å². The Labute approximate surface area is 135 Å². The van der Waals surface area contributed by atoms with Crippen LogP contribution in [-0.4, -0.2) is 17.7 Å². The second-order valence-corrected chi connectivity index (χ2v) is 5.56. The van der Waals surface area contributed by atoms with Crippen LogP contribution in [0.1, 0.15) is 19.6 Å². The monoisotopic (exact) mass is 334 g/mol. The van der Waals surface area contributed by atoms with Gasteiger partial charge in [0.2, 0.25) is 0 Å². The maximum atomic E-state index is 13.7. The van der Waals surface area contributed by atoms with Gasteiger partial charge in [0.15, 0.2) is 0 Å². The maximum absolute atomic E-state index is 13.7. The van der Waals surface area contributed by atoms with Gasteiger partial charge in [-0.1, -0.05) is 0 Å². The summed E-state index contributed by atoms with van der Waals surface area (Å²) >= 11 is 0. The number of cyclic esters (lactones) is 2. The normalized spacial score (nSPS) is 16.6. The van der Waals surface area contributed by atoms with E-state index in [4.69, 9.17) is 13.9 Å². The van der Waals surface area contributed by atoms with Gasteiger partial charge in [0.05, 0.1) is 5.56 Å². The smallest absolute Gasteiger partial charge is 0.348 e. The summed E-state index contributed by atoms with van der Waals surface area (Å²) in [4.78, 5) is 23.7. The number of hydrogen-bond donors (Lipinski definition) is 0. The fourth-order valence-corrected chi connectivity index (χ4v) is 2.19. The third-order valence-corrected chi connectivity index (χ3v) is 3.23. The molecule has 0 N–H and O–H groups in total. The number of carbonyl (C=O) groups excluding carboxylic acids is 2. The molecule has 0 bridgehead atoms. The summed E-state index contributed by atoms with van der Waals surface area (Å²) in [5.41, 5.74) is -0.286. The summed E-state index contributed by atoms with van der Waals surface area (Å²) in [7, 11) is 0. The van der Waals surface area contributed by atoms with Crippen molar-refractivity contribution in [1.82, 2.24) is 0 Å². The average Bonchev–Trinajstić information content (AvgIpc) is 2.90. The Morgan fingerprint density at radius 1 is 1.00 bits per heavy atom. The predicted molar refractivity (Wildman–Crippen MR) is 78.3 cm³/mol. The molecule has 0 spiro atoms. The molecule has 2 aromatic rings. The highest BCUT2D eigenvalue weighted by Crippen LogP contribution is 2.28. The molecule has 1 saturated heterocycles. The van der Waals surface area contributed by atoms with Crippen molar-refractivity contribution in [2.24, 2.45) is 0 Å². The second kappa shape index (κ2) is 5.59. The van der Waals surface area contributed by atoms with Crippen molar-refractivity contribution >= 4 is 18.0 Å². The molecule has 0 unspecified atom stereocenters. The quantitative estimate of drug-likeness (QED) is 0.478. The molecule has 1 aliphatic rings. The van der Waals surface area contributed by atoms with Gasteiger partial charge in [0, 0.05) is 26.0 Å². The number of halogens is 2. The molecule has 124 valence electrons. The van der Waals surface area contributed by atoms with E-state index in [1.165, 1.54) is 32.0 Å². The minimum atomic E-state index is -1.34. The minimum Gasteiger partial charge on any atom is -0.457 e. The molecule has 1 fully saturated rings. The highest BCUT2D eigenvalue weighted by Gasteiger charge is 2.39. The minimum absolute atomic E-state index is 0.0518. The Balaban J connectivity index is 1.91. The Morgan fingerprint density at radius 2 is 1.67 bits per heavy atom. The van der Waals surface area contributed by atoms with Gasteiger partial charge < -0.3 is 13.9 Å². The molecule has 2 heterocycles. The number of benzene rings is 1. The number of carbonyl (C=O) groups is 2. The Bertz CT molecular complexity index is 842. The second-order valence-electron chi connectivity index (χ2n) is 5.56. The first-order valence-electron chi connectivity index (χ1n) is 6.99. The van der Waals surface area contributed by atoms with E-state index in [0.29, 0.717) is 0 Å². The van der Waals surface area contributed by atoms with Crippen LogP contribution in [0.2, 0.25) is 0 Å². The molecule has 0 saturated carbocycles.